The van der Waals surface area contributed by atoms with E-state index < -0.39 is 0 Å². The smallest absolute Gasteiger partial charge is 0.0154 e. The minimum absolute atomic E-state index is 0.161. The first kappa shape index (κ1) is 14.0. The molecule has 0 amide bonds. The van der Waals surface area contributed by atoms with E-state index in [4.69, 9.17) is 5.73 Å². The molecular formula is C15H31N. The Morgan fingerprint density at radius 1 is 1.12 bits per heavy atom. The summed E-state index contributed by atoms with van der Waals surface area (Å²) in [6.45, 7) is 9.33. The molecule has 1 aliphatic rings. The number of nitrogens with two attached hydrogens (primary N) is 1. The Balaban J connectivity index is 2.44. The maximum absolute atomic E-state index is 6.57. The van der Waals surface area contributed by atoms with Gasteiger partial charge in [0.05, 0.1) is 0 Å². The third-order valence-corrected chi connectivity index (χ3v) is 4.42. The van der Waals surface area contributed by atoms with Crippen molar-refractivity contribution in [1.82, 2.24) is 0 Å². The van der Waals surface area contributed by atoms with Gasteiger partial charge in [-0.3, -0.25) is 0 Å². The second-order valence-corrected chi connectivity index (χ2v) is 6.73. The maximum atomic E-state index is 6.57. The van der Waals surface area contributed by atoms with E-state index in [0.717, 1.165) is 17.8 Å². The van der Waals surface area contributed by atoms with Gasteiger partial charge in [-0.2, -0.15) is 0 Å². The maximum Gasteiger partial charge on any atom is 0.0154 e. The lowest BCUT2D eigenvalue weighted by atomic mass is 9.83. The third kappa shape index (κ3) is 4.45. The van der Waals surface area contributed by atoms with Gasteiger partial charge in [0.2, 0.25) is 0 Å². The van der Waals surface area contributed by atoms with Crippen molar-refractivity contribution < 1.29 is 0 Å². The molecule has 1 aliphatic carbocycles. The topological polar surface area (TPSA) is 26.0 Å². The molecule has 16 heavy (non-hydrogen) atoms. The highest BCUT2D eigenvalue weighted by atomic mass is 14.7. The van der Waals surface area contributed by atoms with E-state index in [1.54, 1.807) is 0 Å². The van der Waals surface area contributed by atoms with Gasteiger partial charge in [0.25, 0.3) is 0 Å². The SMILES string of the molecule is CC(C)CCC1(N)CCCC(C(C)C)CC1. The molecule has 0 aromatic carbocycles. The summed E-state index contributed by atoms with van der Waals surface area (Å²) in [6.07, 6.45) is 9.13. The zero-order chi connectivity index (χ0) is 12.2. The Labute approximate surface area is 102 Å². The molecular weight excluding hydrogens is 194 g/mol. The molecule has 0 heterocycles. The molecule has 1 saturated carbocycles. The van der Waals surface area contributed by atoms with Crippen LogP contribution in [0.2, 0.25) is 0 Å². The minimum Gasteiger partial charge on any atom is -0.325 e. The van der Waals surface area contributed by atoms with Crippen molar-refractivity contribution in [2.24, 2.45) is 23.5 Å². The Bertz CT molecular complexity index is 198. The normalized spacial score (nSPS) is 32.1. The van der Waals surface area contributed by atoms with E-state index in [-0.39, 0.29) is 5.54 Å². The molecule has 1 rings (SSSR count). The van der Waals surface area contributed by atoms with Gasteiger partial charge in [0.1, 0.15) is 0 Å². The van der Waals surface area contributed by atoms with Crippen LogP contribution in [0.25, 0.3) is 0 Å². The van der Waals surface area contributed by atoms with Crippen molar-refractivity contribution in [3.63, 3.8) is 0 Å². The van der Waals surface area contributed by atoms with Gasteiger partial charge in [-0.25, -0.2) is 0 Å². The first-order valence-corrected chi connectivity index (χ1v) is 7.22. The van der Waals surface area contributed by atoms with Gasteiger partial charge < -0.3 is 5.73 Å². The molecule has 2 unspecified atom stereocenters. The van der Waals surface area contributed by atoms with Crippen molar-refractivity contribution >= 4 is 0 Å². The number of rotatable bonds is 4. The van der Waals surface area contributed by atoms with Crippen molar-refractivity contribution in [2.75, 3.05) is 0 Å². The zero-order valence-corrected chi connectivity index (χ0v) is 11.8. The van der Waals surface area contributed by atoms with Gasteiger partial charge in [-0.1, -0.05) is 40.5 Å². The average molecular weight is 225 g/mol. The van der Waals surface area contributed by atoms with Gasteiger partial charge in [-0.15, -0.1) is 0 Å². The van der Waals surface area contributed by atoms with Crippen molar-refractivity contribution in [1.29, 1.82) is 0 Å². The first-order valence-electron chi connectivity index (χ1n) is 7.22. The average Bonchev–Trinajstić information content (AvgIpc) is 2.38. The predicted octanol–water partition coefficient (Wildman–Crippen LogP) is 4.36. The van der Waals surface area contributed by atoms with Crippen LogP contribution in [0.3, 0.4) is 0 Å². The van der Waals surface area contributed by atoms with Crippen molar-refractivity contribution in [2.45, 2.75) is 78.2 Å². The highest BCUT2D eigenvalue weighted by Gasteiger charge is 2.29. The summed E-state index contributed by atoms with van der Waals surface area (Å²) in [5.74, 6) is 2.56. The largest absolute Gasteiger partial charge is 0.325 e. The summed E-state index contributed by atoms with van der Waals surface area (Å²) in [6, 6.07) is 0. The van der Waals surface area contributed by atoms with Crippen LogP contribution in [-0.2, 0) is 0 Å². The van der Waals surface area contributed by atoms with Crippen LogP contribution in [0.1, 0.15) is 72.6 Å². The molecule has 0 aliphatic heterocycles. The van der Waals surface area contributed by atoms with Crippen molar-refractivity contribution in [3.8, 4) is 0 Å². The molecule has 1 heteroatoms. The molecule has 0 aromatic heterocycles. The zero-order valence-electron chi connectivity index (χ0n) is 11.8. The standard InChI is InChI=1S/C15H31N/c1-12(2)7-10-15(16)9-5-6-14(8-11-15)13(3)4/h12-14H,5-11,16H2,1-4H3. The molecule has 1 nitrogen and oxygen atoms in total. The van der Waals surface area contributed by atoms with E-state index in [1.807, 2.05) is 0 Å². The van der Waals surface area contributed by atoms with Gasteiger partial charge in [0, 0.05) is 5.54 Å². The molecule has 1 fully saturated rings. The Hall–Kier alpha value is -0.0400. The lowest BCUT2D eigenvalue weighted by Gasteiger charge is -2.29. The molecule has 2 N–H and O–H groups in total. The summed E-state index contributed by atoms with van der Waals surface area (Å²) in [4.78, 5) is 0. The molecule has 96 valence electrons. The van der Waals surface area contributed by atoms with Crippen LogP contribution in [0.15, 0.2) is 0 Å². The molecule has 0 radical (unpaired) electrons. The Morgan fingerprint density at radius 3 is 2.38 bits per heavy atom. The van der Waals surface area contributed by atoms with E-state index in [0.29, 0.717) is 0 Å². The van der Waals surface area contributed by atoms with E-state index in [1.165, 1.54) is 44.9 Å². The highest BCUT2D eigenvalue weighted by Crippen LogP contribution is 2.35. The van der Waals surface area contributed by atoms with Crippen LogP contribution in [0, 0.1) is 17.8 Å². The van der Waals surface area contributed by atoms with E-state index in [2.05, 4.69) is 27.7 Å². The molecule has 2 atom stereocenters. The number of hydrogen-bond donors (Lipinski definition) is 1. The van der Waals surface area contributed by atoms with Crippen molar-refractivity contribution in [3.05, 3.63) is 0 Å². The predicted molar refractivity (Wildman–Crippen MR) is 72.4 cm³/mol. The van der Waals surface area contributed by atoms with Gasteiger partial charge in [0.15, 0.2) is 0 Å². The third-order valence-electron chi connectivity index (χ3n) is 4.42. The van der Waals surface area contributed by atoms with Gasteiger partial charge in [-0.05, 0) is 49.9 Å². The minimum atomic E-state index is 0.161. The summed E-state index contributed by atoms with van der Waals surface area (Å²) in [5.41, 5.74) is 6.73. The van der Waals surface area contributed by atoms with E-state index >= 15 is 0 Å². The second kappa shape index (κ2) is 6.05. The molecule has 0 spiro atoms. The van der Waals surface area contributed by atoms with Crippen LogP contribution >= 0.6 is 0 Å². The second-order valence-electron chi connectivity index (χ2n) is 6.73. The van der Waals surface area contributed by atoms with Crippen LogP contribution < -0.4 is 5.73 Å². The fourth-order valence-electron chi connectivity index (χ4n) is 2.95. The summed E-state index contributed by atoms with van der Waals surface area (Å²) in [7, 11) is 0. The Morgan fingerprint density at radius 2 is 1.81 bits per heavy atom. The highest BCUT2D eigenvalue weighted by molar-refractivity contribution is 4.88. The Kier molecular flexibility index (Phi) is 5.30. The quantitative estimate of drug-likeness (QED) is 0.707. The summed E-state index contributed by atoms with van der Waals surface area (Å²) >= 11 is 0. The molecule has 0 aromatic rings. The lowest BCUT2D eigenvalue weighted by molar-refractivity contribution is 0.298. The fraction of sp³-hybridized carbons (Fsp3) is 1.00. The van der Waals surface area contributed by atoms with Crippen LogP contribution in [0.5, 0.6) is 0 Å². The van der Waals surface area contributed by atoms with Gasteiger partial charge >= 0.3 is 0 Å². The van der Waals surface area contributed by atoms with Crippen LogP contribution in [0.4, 0.5) is 0 Å². The fourth-order valence-corrected chi connectivity index (χ4v) is 2.95. The molecule has 0 saturated heterocycles. The summed E-state index contributed by atoms with van der Waals surface area (Å²) < 4.78 is 0. The molecule has 0 bridgehead atoms. The van der Waals surface area contributed by atoms with Crippen LogP contribution in [-0.4, -0.2) is 5.54 Å². The first-order chi connectivity index (χ1) is 7.43. The monoisotopic (exact) mass is 225 g/mol. The summed E-state index contributed by atoms with van der Waals surface area (Å²) in [5, 5.41) is 0. The lowest BCUT2D eigenvalue weighted by Crippen LogP contribution is -2.39. The number of hydrogen-bond acceptors (Lipinski definition) is 1. The van der Waals surface area contributed by atoms with E-state index in [9.17, 15) is 0 Å².